The summed E-state index contributed by atoms with van der Waals surface area (Å²) in [4.78, 5) is 4.92. The van der Waals surface area contributed by atoms with Gasteiger partial charge in [-0.1, -0.05) is 160 Å². The largest absolute Gasteiger partial charge is 0.345 e. The van der Waals surface area contributed by atoms with Gasteiger partial charge >= 0.3 is 0 Å². The summed E-state index contributed by atoms with van der Waals surface area (Å²) in [5.74, 6) is 0. The molecule has 282 valence electrons. The van der Waals surface area contributed by atoms with Crippen LogP contribution in [0.2, 0.25) is 24.2 Å². The van der Waals surface area contributed by atoms with E-state index in [1.165, 1.54) is 112 Å². The van der Waals surface area contributed by atoms with Crippen LogP contribution in [0.5, 0.6) is 0 Å². The molecule has 0 amide bonds. The highest BCUT2D eigenvalue weighted by molar-refractivity contribution is 7.05. The number of rotatable bonds is 4. The molecule has 6 aromatic rings. The van der Waals surface area contributed by atoms with Crippen molar-refractivity contribution in [2.75, 3.05) is 23.9 Å². The van der Waals surface area contributed by atoms with Crippen LogP contribution < -0.4 is 30.5 Å². The minimum atomic E-state index is -1.69. The summed E-state index contributed by atoms with van der Waals surface area (Å²) in [6.45, 7) is 4.86. The van der Waals surface area contributed by atoms with Crippen molar-refractivity contribution < 1.29 is 0 Å². The summed E-state index contributed by atoms with van der Waals surface area (Å²) in [7, 11) is 0.225. The third-order valence-electron chi connectivity index (χ3n) is 14.9. The molecule has 1 aromatic heterocycles. The van der Waals surface area contributed by atoms with Crippen LogP contribution in [0.4, 0.5) is 22.7 Å². The van der Waals surface area contributed by atoms with E-state index in [9.17, 15) is 0 Å². The van der Waals surface area contributed by atoms with Gasteiger partial charge in [0.2, 0.25) is 0 Å². The second kappa shape index (κ2) is 13.1. The number of fused-ring (bicyclic) bond motifs is 11. The molecule has 0 bridgehead atoms. The molecule has 0 N–H and O–H groups in total. The van der Waals surface area contributed by atoms with Gasteiger partial charge in [-0.15, -0.1) is 0 Å². The molecular formula is C52H52N2Si3. The number of para-hydroxylation sites is 2. The fourth-order valence-corrected chi connectivity index (χ4v) is 25.1. The first-order chi connectivity index (χ1) is 27.8. The Balaban J connectivity index is 0.858. The maximum absolute atomic E-state index is 2.62. The van der Waals surface area contributed by atoms with Gasteiger partial charge in [0.1, 0.15) is 16.1 Å². The molecule has 1 aliphatic carbocycles. The van der Waals surface area contributed by atoms with Crippen molar-refractivity contribution in [3.63, 3.8) is 0 Å². The fourth-order valence-electron chi connectivity index (χ4n) is 12.0. The van der Waals surface area contributed by atoms with Crippen LogP contribution >= 0.6 is 0 Å². The topological polar surface area (TPSA) is 6.48 Å². The van der Waals surface area contributed by atoms with Crippen molar-refractivity contribution >= 4 is 92.0 Å². The van der Waals surface area contributed by atoms with Gasteiger partial charge in [0.15, 0.2) is 0 Å². The van der Waals surface area contributed by atoms with Crippen LogP contribution in [0.25, 0.3) is 35.1 Å². The fraction of sp³-hybridized carbons (Fsp3) is 0.250. The Hall–Kier alpha value is -4.82. The molecule has 11 rings (SSSR count). The summed E-state index contributed by atoms with van der Waals surface area (Å²) in [6, 6.07) is 48.4. The lowest BCUT2D eigenvalue weighted by atomic mass is 9.83. The number of anilines is 4. The summed E-state index contributed by atoms with van der Waals surface area (Å²) in [5.41, 5.74) is 22.9. The van der Waals surface area contributed by atoms with E-state index in [0.717, 1.165) is 0 Å². The van der Waals surface area contributed by atoms with Crippen LogP contribution in [0.3, 0.4) is 0 Å². The quantitative estimate of drug-likeness (QED) is 0.130. The Bertz CT molecular complexity index is 2490. The summed E-state index contributed by atoms with van der Waals surface area (Å²) < 4.78 is 0. The van der Waals surface area contributed by atoms with E-state index in [4.69, 9.17) is 0 Å². The van der Waals surface area contributed by atoms with Gasteiger partial charge in [0.25, 0.3) is 0 Å². The van der Waals surface area contributed by atoms with Gasteiger partial charge in [-0.05, 0) is 108 Å². The Morgan fingerprint density at radius 1 is 0.509 bits per heavy atom. The average molecular weight is 789 g/mol. The molecular weight excluding hydrogens is 737 g/mol. The van der Waals surface area contributed by atoms with Gasteiger partial charge in [-0.25, -0.2) is 0 Å². The molecule has 2 saturated heterocycles. The molecule has 57 heavy (non-hydrogen) atoms. The molecule has 5 aromatic carbocycles. The molecule has 0 saturated carbocycles. The first kappa shape index (κ1) is 35.4. The smallest absolute Gasteiger partial charge is 0.123 e. The Morgan fingerprint density at radius 2 is 0.982 bits per heavy atom. The summed E-state index contributed by atoms with van der Waals surface area (Å²) in [5, 5.41) is 6.62. The number of hydrogen-bond donors (Lipinski definition) is 0. The lowest BCUT2D eigenvalue weighted by molar-refractivity contribution is 0.661. The zero-order valence-electron chi connectivity index (χ0n) is 33.9. The highest BCUT2D eigenvalue weighted by atomic mass is 28.3. The predicted octanol–water partition coefficient (Wildman–Crippen LogP) is 10.7. The minimum Gasteiger partial charge on any atom is -0.345 e. The average Bonchev–Trinajstić information content (AvgIpc) is 3.99. The van der Waals surface area contributed by atoms with Crippen molar-refractivity contribution in [3.05, 3.63) is 148 Å². The molecule has 2 spiro atoms. The molecule has 0 unspecified atom stereocenters. The van der Waals surface area contributed by atoms with E-state index in [2.05, 4.69) is 182 Å². The lowest BCUT2D eigenvalue weighted by Gasteiger charge is -2.41. The van der Waals surface area contributed by atoms with Gasteiger partial charge in [0, 0.05) is 42.3 Å². The minimum absolute atomic E-state index is 0.0344. The van der Waals surface area contributed by atoms with Crippen LogP contribution in [-0.2, 0) is 5.41 Å². The van der Waals surface area contributed by atoms with E-state index in [1.54, 1.807) is 20.7 Å². The predicted molar refractivity (Wildman–Crippen MR) is 254 cm³/mol. The van der Waals surface area contributed by atoms with Crippen molar-refractivity contribution in [2.24, 2.45) is 0 Å². The number of hydrogen-bond acceptors (Lipinski definition) is 2. The molecule has 5 aliphatic rings. The normalized spacial score (nSPS) is 18.9. The molecule has 2 nitrogen and oxygen atoms in total. The van der Waals surface area contributed by atoms with Gasteiger partial charge in [-0.2, -0.15) is 0 Å². The Kier molecular flexibility index (Phi) is 8.13. The zero-order chi connectivity index (χ0) is 38.5. The van der Waals surface area contributed by atoms with Gasteiger partial charge < -0.3 is 9.80 Å². The van der Waals surface area contributed by atoms with E-state index in [0.29, 0.717) is 0 Å². The standard InChI is InChI=1S/C52H52N2Si3/c1-52(2)42-33-37(17-18-38-20-23-50-46(34-38)53(3)44-13-5-7-15-48(44)56(50)29-9-10-30-56)19-22-40(42)41-26-28-55(36-43(41)52)27-25-39-21-24-51-47(35-39)54(4)45-14-6-8-16-49(45)57(51)31-11-12-32-57/h5-8,13-28,33-36H,9-12,29-32H2,1-4H3/b18-17+,27-25+. The van der Waals surface area contributed by atoms with Crippen molar-refractivity contribution in [1.82, 2.24) is 0 Å². The maximum Gasteiger partial charge on any atom is 0.123 e. The van der Waals surface area contributed by atoms with Crippen LogP contribution in [0.1, 0.15) is 67.3 Å². The van der Waals surface area contributed by atoms with E-state index in [-0.39, 0.29) is 5.41 Å². The van der Waals surface area contributed by atoms with Crippen LogP contribution in [0.15, 0.2) is 121 Å². The second-order valence-electron chi connectivity index (χ2n) is 18.2. The first-order valence-electron chi connectivity index (χ1n) is 21.4. The first-order valence-corrected chi connectivity index (χ1v) is 27.9. The number of benzene rings is 5. The maximum atomic E-state index is 2.62. The Morgan fingerprint density at radius 3 is 1.56 bits per heavy atom. The molecule has 5 heterocycles. The zero-order valence-corrected chi connectivity index (χ0v) is 36.9. The van der Waals surface area contributed by atoms with Crippen LogP contribution in [-0.4, -0.2) is 38.6 Å². The molecule has 4 aliphatic heterocycles. The monoisotopic (exact) mass is 788 g/mol. The summed E-state index contributed by atoms with van der Waals surface area (Å²) >= 11 is 0. The highest BCUT2D eigenvalue weighted by Crippen LogP contribution is 2.49. The summed E-state index contributed by atoms with van der Waals surface area (Å²) in [6.07, 6.45) is 12.6. The van der Waals surface area contributed by atoms with Crippen molar-refractivity contribution in [3.8, 4) is 11.1 Å². The van der Waals surface area contributed by atoms with Crippen molar-refractivity contribution in [2.45, 2.75) is 69.1 Å². The third kappa shape index (κ3) is 5.28. The van der Waals surface area contributed by atoms with E-state index >= 15 is 0 Å². The van der Waals surface area contributed by atoms with Gasteiger partial charge in [-0.3, -0.25) is 0 Å². The van der Waals surface area contributed by atoms with E-state index < -0.39 is 24.5 Å². The molecule has 0 radical (unpaired) electrons. The molecule has 5 heteroatoms. The number of nitrogens with zero attached hydrogens (tertiary/aromatic N) is 2. The van der Waals surface area contributed by atoms with E-state index in [1.807, 2.05) is 0 Å². The lowest BCUT2D eigenvalue weighted by Crippen LogP contribution is -2.61. The van der Waals surface area contributed by atoms with Crippen LogP contribution in [0, 0.1) is 0 Å². The molecule has 2 fully saturated rings. The SMILES string of the molecule is CN1c2ccccc2[Si]2(CCCC2)c2ccc(/C=C/c3ccc4c(c3)C(C)(C)c3c[si](/C=C/c5ccc6c(c5)N(C)c5ccccc5[Si]65CCCC5)ccc3-4)cc21. The highest BCUT2D eigenvalue weighted by Gasteiger charge is 2.47. The second-order valence-corrected chi connectivity index (χ2v) is 28.6. The van der Waals surface area contributed by atoms with Gasteiger partial charge in [0.05, 0.1) is 8.40 Å². The Labute approximate surface area is 342 Å². The van der Waals surface area contributed by atoms with Crippen molar-refractivity contribution in [1.29, 1.82) is 0 Å². The third-order valence-corrected chi connectivity index (χ3v) is 27.3. The molecule has 0 atom stereocenters.